The van der Waals surface area contributed by atoms with E-state index in [1.54, 1.807) is 36.1 Å². The van der Waals surface area contributed by atoms with Crippen molar-refractivity contribution >= 4 is 11.6 Å². The van der Waals surface area contributed by atoms with E-state index in [2.05, 4.69) is 15.5 Å². The number of rotatable bonds is 6. The van der Waals surface area contributed by atoms with Crippen molar-refractivity contribution in [1.82, 2.24) is 15.1 Å². The van der Waals surface area contributed by atoms with Gasteiger partial charge in [0.25, 0.3) is 0 Å². The molecule has 1 aromatic carbocycles. The quantitative estimate of drug-likeness (QED) is 0.466. The molecule has 0 radical (unpaired) electrons. The van der Waals surface area contributed by atoms with Crippen molar-refractivity contribution in [3.8, 4) is 5.69 Å². The second kappa shape index (κ2) is 7.73. The predicted molar refractivity (Wildman–Crippen MR) is 103 cm³/mol. The highest BCUT2D eigenvalue weighted by molar-refractivity contribution is 5.99. The van der Waals surface area contributed by atoms with Crippen molar-refractivity contribution in [2.45, 2.75) is 39.5 Å². The summed E-state index contributed by atoms with van der Waals surface area (Å²) in [5, 5.41) is 11.0. The van der Waals surface area contributed by atoms with Gasteiger partial charge in [0.2, 0.25) is 5.91 Å². The molecule has 0 unspecified atom stereocenters. The van der Waals surface area contributed by atoms with Crippen LogP contribution in [-0.4, -0.2) is 21.4 Å². The predicted octanol–water partition coefficient (Wildman–Crippen LogP) is 3.17. The number of allylic oxidation sites excluding steroid dienone is 2. The average molecular weight is 369 g/mol. The van der Waals surface area contributed by atoms with E-state index in [0.717, 1.165) is 29.8 Å². The minimum Gasteiger partial charge on any atom is -0.329 e. The highest BCUT2D eigenvalue weighted by atomic mass is 19.1. The Labute approximate surface area is 157 Å². The molecule has 6 nitrogen and oxygen atoms in total. The molecule has 1 saturated carbocycles. The Morgan fingerprint density at radius 3 is 2.85 bits per heavy atom. The van der Waals surface area contributed by atoms with Gasteiger partial charge >= 0.3 is 0 Å². The monoisotopic (exact) mass is 369 g/mol. The molecule has 3 rings (SSSR count). The third-order valence-electron chi connectivity index (χ3n) is 4.73. The van der Waals surface area contributed by atoms with Gasteiger partial charge in [-0.15, -0.1) is 0 Å². The lowest BCUT2D eigenvalue weighted by Crippen LogP contribution is -2.27. The summed E-state index contributed by atoms with van der Waals surface area (Å²) in [5.41, 5.74) is 3.60. The number of aromatic nitrogens is 2. The lowest BCUT2D eigenvalue weighted by atomic mass is 10.0. The van der Waals surface area contributed by atoms with Gasteiger partial charge in [0.05, 0.1) is 23.5 Å². The van der Waals surface area contributed by atoms with Crippen molar-refractivity contribution in [2.75, 3.05) is 0 Å². The van der Waals surface area contributed by atoms with Crippen LogP contribution in [0.5, 0.6) is 0 Å². The second-order valence-corrected chi connectivity index (χ2v) is 7.02. The van der Waals surface area contributed by atoms with E-state index in [9.17, 15) is 9.18 Å². The lowest BCUT2D eigenvalue weighted by molar-refractivity contribution is -0.121. The first-order valence-electron chi connectivity index (χ1n) is 8.97. The van der Waals surface area contributed by atoms with E-state index in [1.165, 1.54) is 6.07 Å². The van der Waals surface area contributed by atoms with Gasteiger partial charge in [-0.1, -0.05) is 0 Å². The molecule has 1 fully saturated rings. The van der Waals surface area contributed by atoms with Crippen LogP contribution in [0.2, 0.25) is 0 Å². The molecular weight excluding hydrogens is 345 g/mol. The largest absolute Gasteiger partial charge is 0.329 e. The number of carbonyl (C=O) groups excluding carboxylic acids is 1. The first-order valence-corrected chi connectivity index (χ1v) is 8.97. The molecule has 0 spiro atoms. The summed E-state index contributed by atoms with van der Waals surface area (Å²) in [6, 6.07) is 4.78. The van der Waals surface area contributed by atoms with E-state index in [1.807, 2.05) is 19.9 Å². The highest BCUT2D eigenvalue weighted by Gasteiger charge is 2.26. The standard InChI is InChI=1S/C20H24FN5O/c1-12-8-17(6-7-18(12)21)26-11-16(10-23-26)14(3)20(27)24-13(2)9-19(25-22)15-4-5-15/h6-11,14-15H,4-5,22H2,1-3H3,(H,24,27)/b13-9+,25-19+/t14-/m1/s1. The maximum atomic E-state index is 13.4. The topological polar surface area (TPSA) is 85.3 Å². The number of hydrogen-bond acceptors (Lipinski definition) is 4. The number of aryl methyl sites for hydroxylation is 1. The summed E-state index contributed by atoms with van der Waals surface area (Å²) < 4.78 is 15.1. The molecule has 1 aliphatic rings. The minimum absolute atomic E-state index is 0.134. The van der Waals surface area contributed by atoms with Crippen LogP contribution in [0.4, 0.5) is 4.39 Å². The number of carbonyl (C=O) groups is 1. The fourth-order valence-electron chi connectivity index (χ4n) is 2.82. The van der Waals surface area contributed by atoms with Gasteiger partial charge in [0, 0.05) is 23.4 Å². The third-order valence-corrected chi connectivity index (χ3v) is 4.73. The third kappa shape index (κ3) is 4.42. The van der Waals surface area contributed by atoms with Gasteiger partial charge in [-0.05, 0) is 63.5 Å². The van der Waals surface area contributed by atoms with E-state index in [0.29, 0.717) is 17.2 Å². The minimum atomic E-state index is -0.386. The molecule has 1 amide bonds. The zero-order valence-corrected chi connectivity index (χ0v) is 15.7. The van der Waals surface area contributed by atoms with Crippen molar-refractivity contribution in [2.24, 2.45) is 16.9 Å². The first kappa shape index (κ1) is 18.8. The zero-order valence-electron chi connectivity index (χ0n) is 15.7. The fraction of sp³-hybridized carbons (Fsp3) is 0.350. The number of halogens is 1. The van der Waals surface area contributed by atoms with Crippen LogP contribution in [0.15, 0.2) is 47.5 Å². The molecule has 0 bridgehead atoms. The normalized spacial score (nSPS) is 16.3. The summed E-state index contributed by atoms with van der Waals surface area (Å²) in [6.45, 7) is 5.34. The van der Waals surface area contributed by atoms with Crippen molar-refractivity contribution in [3.05, 3.63) is 59.3 Å². The summed E-state index contributed by atoms with van der Waals surface area (Å²) in [7, 11) is 0. The van der Waals surface area contributed by atoms with E-state index in [-0.39, 0.29) is 17.6 Å². The molecule has 1 aromatic heterocycles. The Morgan fingerprint density at radius 1 is 1.48 bits per heavy atom. The van der Waals surface area contributed by atoms with Crippen LogP contribution in [0.25, 0.3) is 5.69 Å². The highest BCUT2D eigenvalue weighted by Crippen LogP contribution is 2.31. The number of hydrogen-bond donors (Lipinski definition) is 2. The zero-order chi connectivity index (χ0) is 19.6. The van der Waals surface area contributed by atoms with E-state index >= 15 is 0 Å². The Hall–Kier alpha value is -2.96. The maximum absolute atomic E-state index is 13.4. The Morgan fingerprint density at radius 2 is 2.22 bits per heavy atom. The summed E-state index contributed by atoms with van der Waals surface area (Å²) in [4.78, 5) is 12.5. The SMILES string of the molecule is C/C(=C\C(=N/N)C1CC1)NC(=O)[C@H](C)c1cnn(-c2ccc(F)c(C)c2)c1. The van der Waals surface area contributed by atoms with Gasteiger partial charge in [0.1, 0.15) is 5.82 Å². The second-order valence-electron chi connectivity index (χ2n) is 7.02. The molecule has 27 heavy (non-hydrogen) atoms. The van der Waals surface area contributed by atoms with Crippen LogP contribution in [-0.2, 0) is 4.79 Å². The van der Waals surface area contributed by atoms with Gasteiger partial charge < -0.3 is 11.2 Å². The molecule has 0 aliphatic heterocycles. The Bertz CT molecular complexity index is 911. The van der Waals surface area contributed by atoms with Crippen molar-refractivity contribution < 1.29 is 9.18 Å². The average Bonchev–Trinajstić information content (AvgIpc) is 3.37. The van der Waals surface area contributed by atoms with Crippen LogP contribution >= 0.6 is 0 Å². The van der Waals surface area contributed by atoms with Crippen LogP contribution < -0.4 is 11.2 Å². The molecule has 1 heterocycles. The number of benzene rings is 1. The molecule has 0 saturated heterocycles. The van der Waals surface area contributed by atoms with Gasteiger partial charge in [-0.3, -0.25) is 4.79 Å². The number of nitrogens with two attached hydrogens (primary N) is 1. The van der Waals surface area contributed by atoms with E-state index < -0.39 is 0 Å². The van der Waals surface area contributed by atoms with Gasteiger partial charge in [0.15, 0.2) is 0 Å². The summed E-state index contributed by atoms with van der Waals surface area (Å²) >= 11 is 0. The molecule has 1 aliphatic carbocycles. The van der Waals surface area contributed by atoms with Crippen LogP contribution in [0, 0.1) is 18.7 Å². The number of amides is 1. The summed E-state index contributed by atoms with van der Waals surface area (Å²) in [6.07, 6.45) is 7.44. The smallest absolute Gasteiger partial charge is 0.231 e. The molecule has 3 N–H and O–H groups in total. The van der Waals surface area contributed by atoms with Gasteiger partial charge in [-0.2, -0.15) is 10.2 Å². The van der Waals surface area contributed by atoms with Crippen LogP contribution in [0.1, 0.15) is 43.7 Å². The number of hydrazone groups is 1. The maximum Gasteiger partial charge on any atom is 0.231 e. The molecule has 1 atom stereocenters. The summed E-state index contributed by atoms with van der Waals surface area (Å²) in [5.74, 6) is 5.05. The molecule has 2 aromatic rings. The van der Waals surface area contributed by atoms with Crippen molar-refractivity contribution in [3.63, 3.8) is 0 Å². The molecule has 7 heteroatoms. The molecular formula is C20H24FN5O. The Balaban J connectivity index is 1.69. The van der Waals surface area contributed by atoms with Crippen molar-refractivity contribution in [1.29, 1.82) is 0 Å². The number of nitrogens with one attached hydrogen (secondary N) is 1. The van der Waals surface area contributed by atoms with Crippen LogP contribution in [0.3, 0.4) is 0 Å². The van der Waals surface area contributed by atoms with E-state index in [4.69, 9.17) is 5.84 Å². The lowest BCUT2D eigenvalue weighted by Gasteiger charge is -2.11. The Kier molecular flexibility index (Phi) is 5.39. The fourth-order valence-corrected chi connectivity index (χ4v) is 2.82. The molecule has 142 valence electrons. The van der Waals surface area contributed by atoms with Gasteiger partial charge in [-0.25, -0.2) is 9.07 Å². The number of nitrogens with zero attached hydrogens (tertiary/aromatic N) is 3. The first-order chi connectivity index (χ1) is 12.9.